The van der Waals surface area contributed by atoms with Crippen LogP contribution in [-0.4, -0.2) is 23.9 Å². The molecule has 148 valence electrons. The Morgan fingerprint density at radius 1 is 0.962 bits per heavy atom. The lowest BCUT2D eigenvalue weighted by Gasteiger charge is -2.31. The van der Waals surface area contributed by atoms with Crippen LogP contribution in [0.2, 0.25) is 0 Å². The second kappa shape index (κ2) is 12.8. The Morgan fingerprint density at radius 2 is 1.50 bits per heavy atom. The number of nitrogen functional groups attached to an aromatic ring is 1. The van der Waals surface area contributed by atoms with Crippen molar-refractivity contribution < 1.29 is 4.79 Å². The van der Waals surface area contributed by atoms with Gasteiger partial charge in [-0.05, 0) is 42.9 Å². The predicted molar refractivity (Wildman–Crippen MR) is 113 cm³/mol. The molecule has 2 atom stereocenters. The zero-order valence-electron chi connectivity index (χ0n) is 17.5. The smallest absolute Gasteiger partial charge is 0.253 e. The minimum atomic E-state index is 0.141. The number of hydrogen-bond acceptors (Lipinski definition) is 2. The van der Waals surface area contributed by atoms with Gasteiger partial charge in [-0.3, -0.25) is 4.79 Å². The van der Waals surface area contributed by atoms with Crippen LogP contribution in [0.4, 0.5) is 5.69 Å². The predicted octanol–water partition coefficient (Wildman–Crippen LogP) is 6.14. The normalized spacial score (nSPS) is 13.4. The zero-order chi connectivity index (χ0) is 19.4. The molecule has 0 spiro atoms. The van der Waals surface area contributed by atoms with E-state index in [2.05, 4.69) is 32.6 Å². The molecule has 0 aromatic heterocycles. The Morgan fingerprint density at radius 3 is 1.92 bits per heavy atom. The molecule has 0 heterocycles. The lowest BCUT2D eigenvalue weighted by molar-refractivity contribution is 0.0685. The van der Waals surface area contributed by atoms with Gasteiger partial charge in [0.05, 0.1) is 0 Å². The Kier molecular flexibility index (Phi) is 11.1. The fourth-order valence-electron chi connectivity index (χ4n) is 3.55. The third-order valence-electron chi connectivity index (χ3n) is 5.46. The molecular formula is C23H40N2O. The van der Waals surface area contributed by atoms with Crippen molar-refractivity contribution in [2.75, 3.05) is 18.8 Å². The number of rotatable bonds is 13. The zero-order valence-corrected chi connectivity index (χ0v) is 17.5. The summed E-state index contributed by atoms with van der Waals surface area (Å²) in [7, 11) is 0. The molecule has 0 aliphatic rings. The maximum atomic E-state index is 13.2. The van der Waals surface area contributed by atoms with Crippen molar-refractivity contribution in [3.8, 4) is 0 Å². The van der Waals surface area contributed by atoms with E-state index in [1.54, 1.807) is 0 Å². The first-order valence-electron chi connectivity index (χ1n) is 10.7. The average Bonchev–Trinajstić information content (AvgIpc) is 2.66. The maximum Gasteiger partial charge on any atom is 0.253 e. The quantitative estimate of drug-likeness (QED) is 0.429. The van der Waals surface area contributed by atoms with Crippen LogP contribution in [0, 0.1) is 11.8 Å². The van der Waals surface area contributed by atoms with E-state index < -0.39 is 0 Å². The number of carbonyl (C=O) groups is 1. The first-order chi connectivity index (χ1) is 12.5. The first kappa shape index (κ1) is 22.5. The van der Waals surface area contributed by atoms with E-state index in [0.29, 0.717) is 17.5 Å². The lowest BCUT2D eigenvalue weighted by Crippen LogP contribution is -2.39. The summed E-state index contributed by atoms with van der Waals surface area (Å²) in [4.78, 5) is 15.3. The molecule has 0 aliphatic carbocycles. The monoisotopic (exact) mass is 360 g/mol. The second-order valence-corrected chi connectivity index (χ2v) is 7.67. The Hall–Kier alpha value is -1.51. The van der Waals surface area contributed by atoms with Crippen molar-refractivity contribution in [3.05, 3.63) is 29.8 Å². The van der Waals surface area contributed by atoms with Crippen molar-refractivity contribution in [2.24, 2.45) is 11.8 Å². The first-order valence-corrected chi connectivity index (χ1v) is 10.7. The number of unbranched alkanes of at least 4 members (excludes halogenated alkanes) is 2. The minimum absolute atomic E-state index is 0.141. The Bertz CT molecular complexity index is 497. The number of carbonyl (C=O) groups excluding carboxylic acids is 1. The Labute approximate surface area is 161 Å². The van der Waals surface area contributed by atoms with Crippen molar-refractivity contribution >= 4 is 11.6 Å². The molecule has 0 unspecified atom stereocenters. The maximum absolute atomic E-state index is 13.2. The summed E-state index contributed by atoms with van der Waals surface area (Å²) in [5.41, 5.74) is 7.29. The highest BCUT2D eigenvalue weighted by Gasteiger charge is 2.22. The molecule has 26 heavy (non-hydrogen) atoms. The lowest BCUT2D eigenvalue weighted by atomic mass is 9.95. The number of nitrogens with two attached hydrogens (primary N) is 1. The van der Waals surface area contributed by atoms with E-state index in [-0.39, 0.29) is 5.91 Å². The molecule has 3 heteroatoms. The van der Waals surface area contributed by atoms with Gasteiger partial charge in [-0.15, -0.1) is 0 Å². The molecule has 0 aliphatic heterocycles. The Balaban J connectivity index is 2.93. The summed E-state index contributed by atoms with van der Waals surface area (Å²) < 4.78 is 0. The van der Waals surface area contributed by atoms with Crippen LogP contribution in [0.1, 0.15) is 89.4 Å². The number of benzene rings is 1. The van der Waals surface area contributed by atoms with Crippen LogP contribution in [0.5, 0.6) is 0 Å². The summed E-state index contributed by atoms with van der Waals surface area (Å²) >= 11 is 0. The SMILES string of the molecule is CCCC[C@@H](CC)CN(C[C@H](CC)CCCC)C(=O)c1cccc(N)c1. The van der Waals surface area contributed by atoms with Gasteiger partial charge < -0.3 is 10.6 Å². The molecule has 2 N–H and O–H groups in total. The topological polar surface area (TPSA) is 46.3 Å². The highest BCUT2D eigenvalue weighted by molar-refractivity contribution is 5.95. The van der Waals surface area contributed by atoms with Gasteiger partial charge in [0.25, 0.3) is 5.91 Å². The molecule has 1 aromatic rings. The molecule has 1 rings (SSSR count). The van der Waals surface area contributed by atoms with E-state index in [1.807, 2.05) is 24.3 Å². The largest absolute Gasteiger partial charge is 0.399 e. The van der Waals surface area contributed by atoms with Crippen molar-refractivity contribution in [1.82, 2.24) is 4.90 Å². The highest BCUT2D eigenvalue weighted by atomic mass is 16.2. The van der Waals surface area contributed by atoms with Crippen LogP contribution < -0.4 is 5.73 Å². The summed E-state index contributed by atoms with van der Waals surface area (Å²) in [6.45, 7) is 10.7. The molecule has 0 saturated carbocycles. The number of nitrogens with zero attached hydrogens (tertiary/aromatic N) is 1. The average molecular weight is 361 g/mol. The van der Waals surface area contributed by atoms with Crippen molar-refractivity contribution in [3.63, 3.8) is 0 Å². The standard InChI is InChI=1S/C23H40N2O/c1-5-9-12-19(7-3)17-25(18-20(8-4)13-10-6-2)23(26)21-14-11-15-22(24)16-21/h11,14-16,19-20H,5-10,12-13,17-18,24H2,1-4H3/t19-,20-/m1/s1. The summed E-state index contributed by atoms with van der Waals surface area (Å²) in [6, 6.07) is 7.43. The van der Waals surface area contributed by atoms with Crippen LogP contribution >= 0.6 is 0 Å². The number of anilines is 1. The van der Waals surface area contributed by atoms with Gasteiger partial charge in [0.2, 0.25) is 0 Å². The van der Waals surface area contributed by atoms with E-state index >= 15 is 0 Å². The summed E-state index contributed by atoms with van der Waals surface area (Å²) in [5.74, 6) is 1.31. The molecule has 0 saturated heterocycles. The van der Waals surface area contributed by atoms with Gasteiger partial charge in [-0.25, -0.2) is 0 Å². The van der Waals surface area contributed by atoms with E-state index in [4.69, 9.17) is 5.73 Å². The number of hydrogen-bond donors (Lipinski definition) is 1. The second-order valence-electron chi connectivity index (χ2n) is 7.67. The highest BCUT2D eigenvalue weighted by Crippen LogP contribution is 2.21. The molecular weight excluding hydrogens is 320 g/mol. The van der Waals surface area contributed by atoms with Crippen LogP contribution in [0.25, 0.3) is 0 Å². The number of amides is 1. The fourth-order valence-corrected chi connectivity index (χ4v) is 3.55. The third-order valence-corrected chi connectivity index (χ3v) is 5.46. The van der Waals surface area contributed by atoms with Crippen LogP contribution in [0.3, 0.4) is 0 Å². The van der Waals surface area contributed by atoms with Crippen molar-refractivity contribution in [1.29, 1.82) is 0 Å². The molecule has 3 nitrogen and oxygen atoms in total. The van der Waals surface area contributed by atoms with Crippen LogP contribution in [0.15, 0.2) is 24.3 Å². The fraction of sp³-hybridized carbons (Fsp3) is 0.696. The molecule has 0 radical (unpaired) electrons. The van der Waals surface area contributed by atoms with Gasteiger partial charge in [0.1, 0.15) is 0 Å². The third kappa shape index (κ3) is 7.80. The summed E-state index contributed by atoms with van der Waals surface area (Å²) in [6.07, 6.45) is 9.59. The van der Waals surface area contributed by atoms with Gasteiger partial charge >= 0.3 is 0 Å². The van der Waals surface area contributed by atoms with E-state index in [1.165, 1.54) is 38.5 Å². The molecule has 0 bridgehead atoms. The van der Waals surface area contributed by atoms with Crippen LogP contribution in [-0.2, 0) is 0 Å². The van der Waals surface area contributed by atoms with E-state index in [0.717, 1.165) is 31.5 Å². The van der Waals surface area contributed by atoms with Gasteiger partial charge in [0, 0.05) is 24.3 Å². The summed E-state index contributed by atoms with van der Waals surface area (Å²) in [5, 5.41) is 0. The van der Waals surface area contributed by atoms with E-state index in [9.17, 15) is 4.79 Å². The van der Waals surface area contributed by atoms with Gasteiger partial charge in [0.15, 0.2) is 0 Å². The van der Waals surface area contributed by atoms with Gasteiger partial charge in [-0.2, -0.15) is 0 Å². The molecule has 1 aromatic carbocycles. The van der Waals surface area contributed by atoms with Crippen molar-refractivity contribution in [2.45, 2.75) is 79.1 Å². The van der Waals surface area contributed by atoms with Gasteiger partial charge in [-0.1, -0.05) is 72.3 Å². The molecule has 0 fully saturated rings. The minimum Gasteiger partial charge on any atom is -0.399 e. The molecule has 1 amide bonds.